The molecule has 2 rings (SSSR count). The van der Waals surface area contributed by atoms with Crippen molar-refractivity contribution in [3.63, 3.8) is 0 Å². The van der Waals surface area contributed by atoms with Crippen molar-refractivity contribution in [2.24, 2.45) is 0 Å². The van der Waals surface area contributed by atoms with Gasteiger partial charge in [0.1, 0.15) is 0 Å². The first-order valence-electron chi connectivity index (χ1n) is 7.23. The van der Waals surface area contributed by atoms with Crippen molar-refractivity contribution >= 4 is 5.91 Å². The molecule has 0 bridgehead atoms. The lowest BCUT2D eigenvalue weighted by Gasteiger charge is -2.17. The van der Waals surface area contributed by atoms with E-state index >= 15 is 0 Å². The lowest BCUT2D eigenvalue weighted by atomic mass is 10.1. The Balaban J connectivity index is 1.94. The van der Waals surface area contributed by atoms with Gasteiger partial charge in [-0.15, -0.1) is 0 Å². The Hall–Kier alpha value is -2.49. The second-order valence-corrected chi connectivity index (χ2v) is 5.06. The molecule has 0 unspecified atom stereocenters. The Morgan fingerprint density at radius 2 is 1.73 bits per heavy atom. The summed E-state index contributed by atoms with van der Waals surface area (Å²) in [4.78, 5) is 12.2. The Morgan fingerprint density at radius 3 is 2.41 bits per heavy atom. The number of hydrogen-bond donors (Lipinski definition) is 1. The quantitative estimate of drug-likeness (QED) is 0.891. The number of methoxy groups -OCH3 is 1. The second-order valence-electron chi connectivity index (χ2n) is 5.06. The van der Waals surface area contributed by atoms with Gasteiger partial charge in [0, 0.05) is 6.54 Å². The molecule has 116 valence electrons. The van der Waals surface area contributed by atoms with Gasteiger partial charge in [0.15, 0.2) is 17.6 Å². The molecule has 4 nitrogen and oxygen atoms in total. The van der Waals surface area contributed by atoms with Crippen LogP contribution < -0.4 is 14.8 Å². The van der Waals surface area contributed by atoms with E-state index in [9.17, 15) is 4.79 Å². The monoisotopic (exact) mass is 299 g/mol. The van der Waals surface area contributed by atoms with Crippen LogP contribution in [0.25, 0.3) is 0 Å². The van der Waals surface area contributed by atoms with Gasteiger partial charge in [0.05, 0.1) is 7.11 Å². The average molecular weight is 299 g/mol. The average Bonchev–Trinajstić information content (AvgIpc) is 2.54. The molecule has 1 atom stereocenters. The van der Waals surface area contributed by atoms with Gasteiger partial charge in [-0.1, -0.05) is 36.4 Å². The summed E-state index contributed by atoms with van der Waals surface area (Å²) < 4.78 is 10.9. The predicted octanol–water partition coefficient (Wildman–Crippen LogP) is 3.09. The number of benzene rings is 2. The fourth-order valence-corrected chi connectivity index (χ4v) is 2.09. The van der Waals surface area contributed by atoms with Crippen molar-refractivity contribution in [1.29, 1.82) is 0 Å². The molecule has 0 aromatic heterocycles. The van der Waals surface area contributed by atoms with Crippen molar-refractivity contribution < 1.29 is 14.3 Å². The molecule has 0 heterocycles. The minimum absolute atomic E-state index is 0.158. The number of hydrogen-bond acceptors (Lipinski definition) is 3. The first kappa shape index (κ1) is 15.9. The third kappa shape index (κ3) is 4.01. The summed E-state index contributed by atoms with van der Waals surface area (Å²) in [6, 6.07) is 15.2. The van der Waals surface area contributed by atoms with Gasteiger partial charge in [-0.05, 0) is 37.1 Å². The van der Waals surface area contributed by atoms with E-state index in [2.05, 4.69) is 5.32 Å². The van der Waals surface area contributed by atoms with E-state index in [1.165, 1.54) is 0 Å². The normalized spacial score (nSPS) is 11.6. The molecule has 0 fully saturated rings. The molecule has 1 N–H and O–H groups in total. The summed E-state index contributed by atoms with van der Waals surface area (Å²) in [5.74, 6) is 1.01. The standard InChI is InChI=1S/C18H21NO3/c1-13-8-4-5-9-15(13)12-19-18(20)14(2)22-17-11-7-6-10-16(17)21-3/h4-11,14H,12H2,1-3H3,(H,19,20)/t14-/m1/s1. The van der Waals surface area contributed by atoms with Crippen molar-refractivity contribution in [2.75, 3.05) is 7.11 Å². The molecule has 2 aromatic rings. The van der Waals surface area contributed by atoms with E-state index in [4.69, 9.17) is 9.47 Å². The van der Waals surface area contributed by atoms with Gasteiger partial charge in [-0.2, -0.15) is 0 Å². The van der Waals surface area contributed by atoms with E-state index in [0.29, 0.717) is 18.0 Å². The van der Waals surface area contributed by atoms with E-state index in [1.807, 2.05) is 43.3 Å². The van der Waals surface area contributed by atoms with Gasteiger partial charge in [0.2, 0.25) is 0 Å². The number of para-hydroxylation sites is 2. The summed E-state index contributed by atoms with van der Waals surface area (Å²) in [7, 11) is 1.57. The SMILES string of the molecule is COc1ccccc1O[C@H](C)C(=O)NCc1ccccc1C. The summed E-state index contributed by atoms with van der Waals surface area (Å²) in [6.07, 6.45) is -0.597. The van der Waals surface area contributed by atoms with Crippen LogP contribution in [0, 0.1) is 6.92 Å². The highest BCUT2D eigenvalue weighted by molar-refractivity contribution is 5.80. The Labute approximate surface area is 131 Å². The van der Waals surface area contributed by atoms with Crippen LogP contribution in [0.2, 0.25) is 0 Å². The van der Waals surface area contributed by atoms with Crippen LogP contribution in [0.1, 0.15) is 18.1 Å². The third-order valence-electron chi connectivity index (χ3n) is 3.46. The number of carbonyl (C=O) groups excluding carboxylic acids is 1. The minimum Gasteiger partial charge on any atom is -0.493 e. The zero-order valence-electron chi connectivity index (χ0n) is 13.1. The number of ether oxygens (including phenoxy) is 2. The summed E-state index contributed by atoms with van der Waals surface area (Å²) in [5, 5.41) is 2.89. The molecule has 22 heavy (non-hydrogen) atoms. The van der Waals surface area contributed by atoms with E-state index in [0.717, 1.165) is 11.1 Å². The van der Waals surface area contributed by atoms with Crippen LogP contribution in [0.4, 0.5) is 0 Å². The predicted molar refractivity (Wildman–Crippen MR) is 86.1 cm³/mol. The van der Waals surface area contributed by atoms with Crippen LogP contribution in [0.15, 0.2) is 48.5 Å². The van der Waals surface area contributed by atoms with Crippen LogP contribution in [0.3, 0.4) is 0 Å². The Kier molecular flexibility index (Phi) is 5.42. The number of amides is 1. The summed E-state index contributed by atoms with van der Waals surface area (Å²) in [6.45, 7) is 4.24. The molecule has 0 aliphatic heterocycles. The maximum Gasteiger partial charge on any atom is 0.261 e. The molecule has 0 aliphatic rings. The lowest BCUT2D eigenvalue weighted by Crippen LogP contribution is -2.36. The summed E-state index contributed by atoms with van der Waals surface area (Å²) >= 11 is 0. The van der Waals surface area contributed by atoms with Gasteiger partial charge in [0.25, 0.3) is 5.91 Å². The molecule has 1 amide bonds. The van der Waals surface area contributed by atoms with Gasteiger partial charge in [-0.25, -0.2) is 0 Å². The first-order chi connectivity index (χ1) is 10.6. The highest BCUT2D eigenvalue weighted by Gasteiger charge is 2.16. The van der Waals surface area contributed by atoms with E-state index < -0.39 is 6.10 Å². The molecule has 2 aromatic carbocycles. The fraction of sp³-hybridized carbons (Fsp3) is 0.278. The van der Waals surface area contributed by atoms with Gasteiger partial charge in [-0.3, -0.25) is 4.79 Å². The molecule has 4 heteroatoms. The fourth-order valence-electron chi connectivity index (χ4n) is 2.09. The number of nitrogens with one attached hydrogen (secondary N) is 1. The molecule has 0 spiro atoms. The molecule has 0 aliphatic carbocycles. The van der Waals surface area contributed by atoms with Crippen LogP contribution in [-0.2, 0) is 11.3 Å². The smallest absolute Gasteiger partial charge is 0.261 e. The third-order valence-corrected chi connectivity index (χ3v) is 3.46. The zero-order chi connectivity index (χ0) is 15.9. The topological polar surface area (TPSA) is 47.6 Å². The van der Waals surface area contributed by atoms with Crippen LogP contribution in [0.5, 0.6) is 11.5 Å². The molecular formula is C18H21NO3. The molecule has 0 saturated carbocycles. The second kappa shape index (κ2) is 7.50. The lowest BCUT2D eigenvalue weighted by molar-refractivity contribution is -0.127. The van der Waals surface area contributed by atoms with Crippen molar-refractivity contribution in [3.8, 4) is 11.5 Å². The maximum atomic E-state index is 12.2. The molecule has 0 radical (unpaired) electrons. The van der Waals surface area contributed by atoms with Crippen molar-refractivity contribution in [3.05, 3.63) is 59.7 Å². The molecule has 0 saturated heterocycles. The highest BCUT2D eigenvalue weighted by Crippen LogP contribution is 2.26. The first-order valence-corrected chi connectivity index (χ1v) is 7.23. The summed E-state index contributed by atoms with van der Waals surface area (Å²) in [5.41, 5.74) is 2.25. The van der Waals surface area contributed by atoms with Crippen molar-refractivity contribution in [1.82, 2.24) is 5.32 Å². The Morgan fingerprint density at radius 1 is 1.09 bits per heavy atom. The number of rotatable bonds is 6. The molecular weight excluding hydrogens is 278 g/mol. The van der Waals surface area contributed by atoms with Crippen LogP contribution in [-0.4, -0.2) is 19.1 Å². The van der Waals surface area contributed by atoms with E-state index in [1.54, 1.807) is 26.2 Å². The van der Waals surface area contributed by atoms with Gasteiger partial charge < -0.3 is 14.8 Å². The van der Waals surface area contributed by atoms with Gasteiger partial charge >= 0.3 is 0 Å². The van der Waals surface area contributed by atoms with Crippen LogP contribution >= 0.6 is 0 Å². The number of carbonyl (C=O) groups is 1. The number of aryl methyl sites for hydroxylation is 1. The zero-order valence-corrected chi connectivity index (χ0v) is 13.1. The maximum absolute atomic E-state index is 12.2. The largest absolute Gasteiger partial charge is 0.493 e. The van der Waals surface area contributed by atoms with Crippen molar-refractivity contribution in [2.45, 2.75) is 26.5 Å². The highest BCUT2D eigenvalue weighted by atomic mass is 16.5. The minimum atomic E-state index is -0.597. The Bertz CT molecular complexity index is 640. The van der Waals surface area contributed by atoms with E-state index in [-0.39, 0.29) is 5.91 Å².